The molecule has 1 aromatic heterocycles. The van der Waals surface area contributed by atoms with Crippen molar-refractivity contribution < 1.29 is 10.2 Å². The number of nitrogens with zero attached hydrogens (tertiary/aromatic N) is 1. The van der Waals surface area contributed by atoms with E-state index in [0.29, 0.717) is 0 Å². The zero-order chi connectivity index (χ0) is 13.1. The van der Waals surface area contributed by atoms with Crippen molar-refractivity contribution in [1.82, 2.24) is 9.55 Å². The molecule has 0 radical (unpaired) electrons. The predicted octanol–water partition coefficient (Wildman–Crippen LogP) is -0.692. The van der Waals surface area contributed by atoms with E-state index in [1.165, 1.54) is 28.6 Å². The Morgan fingerprint density at radius 3 is 2.67 bits per heavy atom. The van der Waals surface area contributed by atoms with Gasteiger partial charge < -0.3 is 10.2 Å². The molecular formula is C11H14N2O4S. The third kappa shape index (κ3) is 2.58. The van der Waals surface area contributed by atoms with Crippen LogP contribution >= 0.6 is 11.8 Å². The highest BCUT2D eigenvalue weighted by Crippen LogP contribution is 2.36. The Bertz CT molecular complexity index is 550. The summed E-state index contributed by atoms with van der Waals surface area (Å²) in [6.07, 6.45) is 5.01. The van der Waals surface area contributed by atoms with E-state index in [-0.39, 0.29) is 29.8 Å². The molecule has 0 amide bonds. The minimum Gasteiger partial charge on any atom is -0.396 e. The minimum atomic E-state index is -0.483. The first-order valence-corrected chi connectivity index (χ1v) is 6.47. The van der Waals surface area contributed by atoms with Gasteiger partial charge in [0, 0.05) is 23.4 Å². The Labute approximate surface area is 107 Å². The van der Waals surface area contributed by atoms with Crippen LogP contribution in [0.1, 0.15) is 5.37 Å². The quantitative estimate of drug-likeness (QED) is 0.632. The fraction of sp³-hybridized carbons (Fsp3) is 0.455. The molecule has 0 bridgehead atoms. The summed E-state index contributed by atoms with van der Waals surface area (Å²) in [5.74, 6) is -0.116. The molecule has 1 aliphatic heterocycles. The Hall–Kier alpha value is -1.31. The largest absolute Gasteiger partial charge is 0.396 e. The molecule has 2 rings (SSSR count). The number of aromatic amines is 1. The van der Waals surface area contributed by atoms with Crippen LogP contribution in [0.2, 0.25) is 0 Å². The predicted molar refractivity (Wildman–Crippen MR) is 68.5 cm³/mol. The maximum Gasteiger partial charge on any atom is 0.329 e. The number of hydrogen-bond donors (Lipinski definition) is 3. The third-order valence-electron chi connectivity index (χ3n) is 2.83. The molecule has 2 heterocycles. The van der Waals surface area contributed by atoms with Crippen molar-refractivity contribution in [2.24, 2.45) is 5.92 Å². The average molecular weight is 270 g/mol. The van der Waals surface area contributed by atoms with Crippen molar-refractivity contribution in [3.05, 3.63) is 45.3 Å². The lowest BCUT2D eigenvalue weighted by molar-refractivity contribution is 0.212. The van der Waals surface area contributed by atoms with Crippen LogP contribution in [0.3, 0.4) is 0 Å². The van der Waals surface area contributed by atoms with Crippen LogP contribution in [-0.2, 0) is 0 Å². The van der Waals surface area contributed by atoms with Gasteiger partial charge in [-0.1, -0.05) is 12.2 Å². The van der Waals surface area contributed by atoms with Crippen LogP contribution in [0.4, 0.5) is 0 Å². The van der Waals surface area contributed by atoms with Crippen molar-refractivity contribution in [2.45, 2.75) is 10.6 Å². The van der Waals surface area contributed by atoms with Crippen molar-refractivity contribution in [3.63, 3.8) is 0 Å². The van der Waals surface area contributed by atoms with Gasteiger partial charge in [0.1, 0.15) is 5.37 Å². The second kappa shape index (κ2) is 5.55. The summed E-state index contributed by atoms with van der Waals surface area (Å²) in [7, 11) is 0. The van der Waals surface area contributed by atoms with E-state index in [1.54, 1.807) is 12.2 Å². The van der Waals surface area contributed by atoms with Crippen LogP contribution in [-0.4, -0.2) is 38.2 Å². The van der Waals surface area contributed by atoms with Gasteiger partial charge in [0.05, 0.1) is 13.2 Å². The molecule has 1 aliphatic rings. The van der Waals surface area contributed by atoms with E-state index in [9.17, 15) is 14.7 Å². The number of aliphatic hydroxyl groups excluding tert-OH is 2. The number of hydrogen-bond acceptors (Lipinski definition) is 5. The van der Waals surface area contributed by atoms with Gasteiger partial charge in [-0.05, 0) is 0 Å². The Kier molecular flexibility index (Phi) is 4.05. The van der Waals surface area contributed by atoms with Crippen molar-refractivity contribution in [1.29, 1.82) is 0 Å². The maximum atomic E-state index is 11.6. The van der Waals surface area contributed by atoms with E-state index in [0.717, 1.165) is 0 Å². The summed E-state index contributed by atoms with van der Waals surface area (Å²) < 4.78 is 1.39. The molecule has 3 atom stereocenters. The Morgan fingerprint density at radius 2 is 2.06 bits per heavy atom. The van der Waals surface area contributed by atoms with E-state index in [4.69, 9.17) is 5.11 Å². The van der Waals surface area contributed by atoms with Gasteiger partial charge in [0.2, 0.25) is 0 Å². The molecule has 0 spiro atoms. The molecule has 0 aliphatic carbocycles. The molecule has 0 saturated carbocycles. The zero-order valence-corrected chi connectivity index (χ0v) is 10.3. The van der Waals surface area contributed by atoms with Crippen LogP contribution in [0.15, 0.2) is 34.0 Å². The Morgan fingerprint density at radius 1 is 1.28 bits per heavy atom. The van der Waals surface area contributed by atoms with Gasteiger partial charge in [-0.25, -0.2) is 4.79 Å². The highest BCUT2D eigenvalue weighted by atomic mass is 32.2. The van der Waals surface area contributed by atoms with Crippen molar-refractivity contribution in [3.8, 4) is 0 Å². The lowest BCUT2D eigenvalue weighted by Gasteiger charge is -2.29. The van der Waals surface area contributed by atoms with Crippen LogP contribution in [0.5, 0.6) is 0 Å². The number of aliphatic hydroxyl groups is 2. The number of thioether (sulfide) groups is 1. The summed E-state index contributed by atoms with van der Waals surface area (Å²) in [5.41, 5.74) is -0.920. The van der Waals surface area contributed by atoms with Gasteiger partial charge in [-0.2, -0.15) is 0 Å². The smallest absolute Gasteiger partial charge is 0.329 e. The van der Waals surface area contributed by atoms with E-state index in [2.05, 4.69) is 4.98 Å². The van der Waals surface area contributed by atoms with Gasteiger partial charge in [-0.15, -0.1) is 11.8 Å². The summed E-state index contributed by atoms with van der Waals surface area (Å²) in [5, 5.41) is 18.0. The highest BCUT2D eigenvalue weighted by Gasteiger charge is 2.27. The topological polar surface area (TPSA) is 95.3 Å². The molecule has 0 aromatic carbocycles. The molecule has 98 valence electrons. The SMILES string of the molecule is O=c1ccn([C@H]2C=C[C@H](CO)[C@@H](CO)S2)c(=O)[nH]1. The first kappa shape index (κ1) is 13.1. The van der Waals surface area contributed by atoms with Crippen LogP contribution in [0.25, 0.3) is 0 Å². The van der Waals surface area contributed by atoms with Crippen molar-refractivity contribution >= 4 is 11.8 Å². The van der Waals surface area contributed by atoms with Gasteiger partial charge in [0.25, 0.3) is 5.56 Å². The lowest BCUT2D eigenvalue weighted by Crippen LogP contribution is -2.34. The summed E-state index contributed by atoms with van der Waals surface area (Å²) in [6, 6.07) is 1.28. The van der Waals surface area contributed by atoms with Gasteiger partial charge >= 0.3 is 5.69 Å². The molecule has 0 saturated heterocycles. The monoisotopic (exact) mass is 270 g/mol. The zero-order valence-electron chi connectivity index (χ0n) is 9.52. The average Bonchev–Trinajstić information content (AvgIpc) is 2.38. The minimum absolute atomic E-state index is 0.0397. The molecule has 7 heteroatoms. The molecule has 18 heavy (non-hydrogen) atoms. The Balaban J connectivity index is 2.30. The lowest BCUT2D eigenvalue weighted by atomic mass is 10.1. The first-order valence-electron chi connectivity index (χ1n) is 5.52. The fourth-order valence-electron chi connectivity index (χ4n) is 1.83. The number of aromatic nitrogens is 2. The third-order valence-corrected chi connectivity index (χ3v) is 4.34. The highest BCUT2D eigenvalue weighted by molar-refractivity contribution is 8.00. The van der Waals surface area contributed by atoms with Gasteiger partial charge in [0.15, 0.2) is 0 Å². The molecule has 0 unspecified atom stereocenters. The van der Waals surface area contributed by atoms with Gasteiger partial charge in [-0.3, -0.25) is 14.3 Å². The number of H-pyrrole nitrogens is 1. The molecule has 0 fully saturated rings. The number of rotatable bonds is 3. The first-order chi connectivity index (χ1) is 8.65. The van der Waals surface area contributed by atoms with E-state index in [1.807, 2.05) is 0 Å². The summed E-state index contributed by atoms with van der Waals surface area (Å²) >= 11 is 1.38. The van der Waals surface area contributed by atoms with Crippen molar-refractivity contribution in [2.75, 3.05) is 13.2 Å². The van der Waals surface area contributed by atoms with E-state index >= 15 is 0 Å². The second-order valence-electron chi connectivity index (χ2n) is 4.00. The van der Waals surface area contributed by atoms with Crippen LogP contribution in [0, 0.1) is 5.92 Å². The standard InChI is InChI=1S/C11H14N2O4S/c14-5-7-1-2-10(18-8(7)6-15)13-4-3-9(16)12-11(13)17/h1-4,7-8,10,14-15H,5-6H2,(H,12,16,17)/t7-,8-,10-/m1/s1. The fourth-order valence-corrected chi connectivity index (χ4v) is 3.13. The molecule has 6 nitrogen and oxygen atoms in total. The van der Waals surface area contributed by atoms with Crippen LogP contribution < -0.4 is 11.2 Å². The molecule has 1 aromatic rings. The van der Waals surface area contributed by atoms with E-state index < -0.39 is 11.2 Å². The molecular weight excluding hydrogens is 256 g/mol. The number of nitrogens with one attached hydrogen (secondary N) is 1. The second-order valence-corrected chi connectivity index (χ2v) is 5.36. The summed E-state index contributed by atoms with van der Waals surface area (Å²) in [4.78, 5) is 24.8. The summed E-state index contributed by atoms with van der Waals surface area (Å²) in [6.45, 7) is -0.114. The normalized spacial score (nSPS) is 27.3. The maximum absolute atomic E-state index is 11.6. The molecule has 3 N–H and O–H groups in total.